The van der Waals surface area contributed by atoms with Gasteiger partial charge in [-0.05, 0) is 11.6 Å². The van der Waals surface area contributed by atoms with Crippen LogP contribution >= 0.6 is 11.6 Å². The van der Waals surface area contributed by atoms with Crippen LogP contribution in [0.5, 0.6) is 0 Å². The van der Waals surface area contributed by atoms with E-state index in [2.05, 4.69) is 15.0 Å². The van der Waals surface area contributed by atoms with Gasteiger partial charge in [0.1, 0.15) is 0 Å². The molecule has 0 aromatic carbocycles. The number of hydrogen-bond donors (Lipinski definition) is 0. The summed E-state index contributed by atoms with van der Waals surface area (Å²) in [6.07, 6.45) is -6.24. The van der Waals surface area contributed by atoms with Crippen LogP contribution in [0.3, 0.4) is 0 Å². The van der Waals surface area contributed by atoms with Crippen molar-refractivity contribution in [3.8, 4) is 0 Å². The van der Waals surface area contributed by atoms with E-state index in [0.717, 1.165) is 0 Å². The number of rotatable bonds is 3. The van der Waals surface area contributed by atoms with Crippen LogP contribution in [0.2, 0.25) is 5.28 Å². The predicted octanol–water partition coefficient (Wildman–Crippen LogP) is 3.93. The highest BCUT2D eigenvalue weighted by atomic mass is 35.5. The lowest BCUT2D eigenvalue weighted by Gasteiger charge is -2.23. The summed E-state index contributed by atoms with van der Waals surface area (Å²) in [6, 6.07) is 0. The van der Waals surface area contributed by atoms with E-state index >= 15 is 0 Å². The molecular weight excluding hydrogens is 345 g/mol. The average molecular weight is 348 g/mol. The van der Waals surface area contributed by atoms with Crippen LogP contribution in [-0.4, -0.2) is 27.1 Å². The van der Waals surface area contributed by atoms with Crippen LogP contribution in [0.15, 0.2) is 0 Å². The Bertz CT molecular complexity index is 493. The van der Waals surface area contributed by atoms with E-state index in [1.165, 1.54) is 0 Å². The number of aromatic nitrogens is 3. The third-order valence-electron chi connectivity index (χ3n) is 2.08. The van der Waals surface area contributed by atoms with E-state index in [-0.39, 0.29) is 6.92 Å². The molecule has 0 amide bonds. The number of halogens is 10. The molecule has 1 aromatic rings. The van der Waals surface area contributed by atoms with Gasteiger partial charge in [-0.15, -0.1) is 0 Å². The first-order chi connectivity index (χ1) is 9.10. The molecule has 0 saturated carbocycles. The van der Waals surface area contributed by atoms with Gasteiger partial charge in [-0.25, -0.2) is 4.98 Å². The zero-order chi connectivity index (χ0) is 16.9. The maximum Gasteiger partial charge on any atom is 0.461 e. The summed E-state index contributed by atoms with van der Waals surface area (Å²) in [4.78, 5) is 6.95. The summed E-state index contributed by atoms with van der Waals surface area (Å²) in [7, 11) is 0. The van der Waals surface area contributed by atoms with Crippen LogP contribution in [0.25, 0.3) is 0 Å². The Morgan fingerprint density at radius 2 is 1.10 bits per heavy atom. The van der Waals surface area contributed by atoms with Gasteiger partial charge in [0.25, 0.3) is 0 Å². The Hall–Kier alpha value is -1.33. The highest BCUT2D eigenvalue weighted by Crippen LogP contribution is 2.45. The second-order valence-corrected chi connectivity index (χ2v) is 4.12. The summed E-state index contributed by atoms with van der Waals surface area (Å²) in [5.41, 5.74) is 0. The van der Waals surface area contributed by atoms with E-state index < -0.39 is 40.9 Å². The number of hydrogen-bond acceptors (Lipinski definition) is 3. The Morgan fingerprint density at radius 3 is 1.43 bits per heavy atom. The van der Waals surface area contributed by atoms with Crippen LogP contribution < -0.4 is 0 Å². The second kappa shape index (κ2) is 4.85. The molecule has 0 aliphatic carbocycles. The normalized spacial score (nSPS) is 14.4. The average Bonchev–Trinajstić information content (AvgIpc) is 2.24. The molecule has 0 spiro atoms. The van der Waals surface area contributed by atoms with Crippen molar-refractivity contribution in [2.24, 2.45) is 0 Å². The first-order valence-electron chi connectivity index (χ1n) is 4.73. The van der Waals surface area contributed by atoms with E-state index in [9.17, 15) is 39.5 Å². The number of nitrogens with zero attached hydrogens (tertiary/aromatic N) is 3. The molecule has 0 bridgehead atoms. The molecule has 21 heavy (non-hydrogen) atoms. The predicted molar refractivity (Wildman–Crippen MR) is 49.3 cm³/mol. The van der Waals surface area contributed by atoms with E-state index in [1.807, 2.05) is 0 Å². The van der Waals surface area contributed by atoms with Crippen molar-refractivity contribution in [2.45, 2.75) is 30.9 Å². The first-order valence-corrected chi connectivity index (χ1v) is 5.11. The van der Waals surface area contributed by atoms with Gasteiger partial charge in [-0.3, -0.25) is 0 Å². The van der Waals surface area contributed by atoms with Gasteiger partial charge in [0.15, 0.2) is 0 Å². The van der Waals surface area contributed by atoms with Crippen molar-refractivity contribution in [3.63, 3.8) is 0 Å². The van der Waals surface area contributed by atoms with Gasteiger partial charge in [0.2, 0.25) is 16.9 Å². The molecule has 1 heterocycles. The zero-order valence-corrected chi connectivity index (χ0v) is 10.4. The summed E-state index contributed by atoms with van der Waals surface area (Å²) in [6.45, 7) is -0.299. The van der Waals surface area contributed by atoms with E-state index in [0.29, 0.717) is 0 Å². The van der Waals surface area contributed by atoms with Crippen LogP contribution in [-0.2, 0) is 11.8 Å². The maximum atomic E-state index is 13.2. The zero-order valence-electron chi connectivity index (χ0n) is 9.62. The lowest BCUT2D eigenvalue weighted by molar-refractivity contribution is -0.293. The fourth-order valence-corrected chi connectivity index (χ4v) is 1.11. The third-order valence-corrected chi connectivity index (χ3v) is 2.25. The Balaban J connectivity index is 3.50. The molecule has 0 N–H and O–H groups in total. The SMILES string of the molecule is CC(F)(F)C(F)(F)c1nc(Cl)nc(C(F)(F)C(F)(F)F)n1. The molecule has 0 fully saturated rings. The quantitative estimate of drug-likeness (QED) is 0.778. The molecule has 1 rings (SSSR count). The largest absolute Gasteiger partial charge is 0.461 e. The van der Waals surface area contributed by atoms with Crippen molar-refractivity contribution >= 4 is 11.6 Å². The summed E-state index contributed by atoms with van der Waals surface area (Å²) in [5, 5.41) is -1.51. The monoisotopic (exact) mass is 347 g/mol. The topological polar surface area (TPSA) is 38.7 Å². The Labute approximate surface area is 115 Å². The van der Waals surface area contributed by atoms with Crippen LogP contribution in [0, 0.1) is 0 Å². The molecule has 13 heteroatoms. The molecule has 0 aliphatic heterocycles. The van der Waals surface area contributed by atoms with Crippen LogP contribution in [0.4, 0.5) is 39.5 Å². The van der Waals surface area contributed by atoms with E-state index in [4.69, 9.17) is 11.6 Å². The third kappa shape index (κ3) is 3.14. The standard InChI is InChI=1S/C8H3ClF9N3/c1-5(10,11)6(12,13)2-19-3(21-4(9)20-2)7(14,15)8(16,17)18/h1H3. The minimum Gasteiger partial charge on any atom is -0.205 e. The lowest BCUT2D eigenvalue weighted by Crippen LogP contribution is -2.40. The smallest absolute Gasteiger partial charge is 0.205 e. The minimum atomic E-state index is -6.24. The summed E-state index contributed by atoms with van der Waals surface area (Å²) in [5.74, 6) is -20.6. The highest BCUT2D eigenvalue weighted by molar-refractivity contribution is 6.28. The minimum absolute atomic E-state index is 0.299. The molecule has 0 unspecified atom stereocenters. The fraction of sp³-hybridized carbons (Fsp3) is 0.625. The Morgan fingerprint density at radius 1 is 0.714 bits per heavy atom. The van der Waals surface area contributed by atoms with Crippen molar-refractivity contribution in [1.29, 1.82) is 0 Å². The van der Waals surface area contributed by atoms with Gasteiger partial charge in [-0.1, -0.05) is 0 Å². The van der Waals surface area contributed by atoms with Crippen molar-refractivity contribution in [2.75, 3.05) is 0 Å². The van der Waals surface area contributed by atoms with Gasteiger partial charge < -0.3 is 0 Å². The van der Waals surface area contributed by atoms with Gasteiger partial charge in [-0.2, -0.15) is 49.5 Å². The first kappa shape index (κ1) is 17.7. The molecular formula is C8H3ClF9N3. The van der Waals surface area contributed by atoms with Crippen molar-refractivity contribution in [1.82, 2.24) is 15.0 Å². The van der Waals surface area contributed by atoms with Gasteiger partial charge in [0.05, 0.1) is 0 Å². The fourth-order valence-electron chi connectivity index (χ4n) is 0.954. The molecule has 0 atom stereocenters. The second-order valence-electron chi connectivity index (χ2n) is 3.79. The van der Waals surface area contributed by atoms with E-state index in [1.54, 1.807) is 0 Å². The molecule has 0 saturated heterocycles. The Kier molecular flexibility index (Phi) is 4.09. The molecule has 0 radical (unpaired) electrons. The molecule has 120 valence electrons. The molecule has 3 nitrogen and oxygen atoms in total. The van der Waals surface area contributed by atoms with Crippen molar-refractivity contribution in [3.05, 3.63) is 16.9 Å². The highest BCUT2D eigenvalue weighted by Gasteiger charge is 2.63. The van der Waals surface area contributed by atoms with Crippen LogP contribution in [0.1, 0.15) is 18.6 Å². The summed E-state index contributed by atoms with van der Waals surface area (Å²) >= 11 is 4.92. The van der Waals surface area contributed by atoms with Crippen molar-refractivity contribution < 1.29 is 39.5 Å². The lowest BCUT2D eigenvalue weighted by atomic mass is 10.2. The molecule has 1 aromatic heterocycles. The molecule has 0 aliphatic rings. The van der Waals surface area contributed by atoms with Gasteiger partial charge in [0, 0.05) is 6.92 Å². The summed E-state index contributed by atoms with van der Waals surface area (Å²) < 4.78 is 114. The van der Waals surface area contributed by atoms with Gasteiger partial charge >= 0.3 is 23.9 Å². The maximum absolute atomic E-state index is 13.2. The number of alkyl halides is 9.